The number of rotatable bonds is 7. The molecule has 0 saturated carbocycles. The van der Waals surface area contributed by atoms with Crippen molar-refractivity contribution in [2.45, 2.75) is 33.7 Å². The predicted molar refractivity (Wildman–Crippen MR) is 110 cm³/mol. The Labute approximate surface area is 155 Å². The minimum absolute atomic E-state index is 0.0430. The van der Waals surface area contributed by atoms with E-state index < -0.39 is 0 Å². The third kappa shape index (κ3) is 3.90. The molecule has 0 saturated heterocycles. The second kappa shape index (κ2) is 8.09. The van der Waals surface area contributed by atoms with Crippen molar-refractivity contribution in [2.24, 2.45) is 0 Å². The molecule has 4 heteroatoms. The van der Waals surface area contributed by atoms with Crippen molar-refractivity contribution in [3.63, 3.8) is 0 Å². The number of carbonyl (C=O) groups is 1. The second-order valence-electron chi connectivity index (χ2n) is 6.54. The van der Waals surface area contributed by atoms with E-state index in [4.69, 9.17) is 0 Å². The van der Waals surface area contributed by atoms with Gasteiger partial charge in [0.05, 0.1) is 0 Å². The Bertz CT molecular complexity index is 893. The van der Waals surface area contributed by atoms with Gasteiger partial charge in [-0.3, -0.25) is 4.79 Å². The molecular formula is C22H27N3O. The van der Waals surface area contributed by atoms with E-state index in [1.54, 1.807) is 0 Å². The van der Waals surface area contributed by atoms with Gasteiger partial charge in [0.2, 0.25) is 5.91 Å². The molecule has 3 rings (SSSR count). The van der Waals surface area contributed by atoms with Crippen molar-refractivity contribution in [2.75, 3.05) is 23.3 Å². The summed E-state index contributed by atoms with van der Waals surface area (Å²) in [4.78, 5) is 14.7. The van der Waals surface area contributed by atoms with Crippen LogP contribution in [0.5, 0.6) is 0 Å². The van der Waals surface area contributed by atoms with Crippen LogP contribution >= 0.6 is 0 Å². The molecule has 0 atom stereocenters. The highest BCUT2D eigenvalue weighted by atomic mass is 16.1. The molecule has 0 radical (unpaired) electrons. The van der Waals surface area contributed by atoms with Gasteiger partial charge >= 0.3 is 0 Å². The van der Waals surface area contributed by atoms with E-state index in [1.165, 1.54) is 16.6 Å². The summed E-state index contributed by atoms with van der Waals surface area (Å²) in [6, 6.07) is 16.5. The summed E-state index contributed by atoms with van der Waals surface area (Å²) in [7, 11) is 0. The largest absolute Gasteiger partial charge is 0.372 e. The molecule has 4 nitrogen and oxygen atoms in total. The number of fused-ring (bicyclic) bond motifs is 1. The molecule has 136 valence electrons. The fraction of sp³-hybridized carbons (Fsp3) is 0.318. The SMILES string of the molecule is CCN(CC)c1ccc(NC(=O)CCn2ccc3ccccc32)c(C)c1. The summed E-state index contributed by atoms with van der Waals surface area (Å²) in [5, 5.41) is 4.26. The van der Waals surface area contributed by atoms with Crippen LogP contribution in [-0.4, -0.2) is 23.6 Å². The zero-order valence-electron chi connectivity index (χ0n) is 15.8. The molecule has 1 N–H and O–H groups in total. The normalized spacial score (nSPS) is 10.9. The topological polar surface area (TPSA) is 37.3 Å². The fourth-order valence-corrected chi connectivity index (χ4v) is 3.34. The van der Waals surface area contributed by atoms with E-state index in [0.29, 0.717) is 13.0 Å². The van der Waals surface area contributed by atoms with Gasteiger partial charge < -0.3 is 14.8 Å². The number of amides is 1. The summed E-state index contributed by atoms with van der Waals surface area (Å²) in [6.45, 7) is 8.98. The molecule has 1 aromatic heterocycles. The van der Waals surface area contributed by atoms with Gasteiger partial charge in [0, 0.05) is 49.1 Å². The number of hydrogen-bond acceptors (Lipinski definition) is 2. The third-order valence-electron chi connectivity index (χ3n) is 4.87. The van der Waals surface area contributed by atoms with Crippen molar-refractivity contribution >= 4 is 28.2 Å². The average Bonchev–Trinajstić information content (AvgIpc) is 3.06. The van der Waals surface area contributed by atoms with E-state index in [-0.39, 0.29) is 5.91 Å². The number of aromatic nitrogens is 1. The quantitative estimate of drug-likeness (QED) is 0.664. The van der Waals surface area contributed by atoms with Crippen LogP contribution in [0.3, 0.4) is 0 Å². The van der Waals surface area contributed by atoms with E-state index in [9.17, 15) is 4.79 Å². The molecule has 0 aliphatic heterocycles. The van der Waals surface area contributed by atoms with Crippen LogP contribution in [0.15, 0.2) is 54.7 Å². The van der Waals surface area contributed by atoms with Gasteiger partial charge in [-0.2, -0.15) is 0 Å². The van der Waals surface area contributed by atoms with Crippen LogP contribution in [0, 0.1) is 6.92 Å². The molecular weight excluding hydrogens is 322 g/mol. The minimum Gasteiger partial charge on any atom is -0.372 e. The Morgan fingerprint density at radius 1 is 1.08 bits per heavy atom. The number of hydrogen-bond donors (Lipinski definition) is 1. The molecule has 1 heterocycles. The van der Waals surface area contributed by atoms with Crippen LogP contribution in [0.2, 0.25) is 0 Å². The highest BCUT2D eigenvalue weighted by Gasteiger charge is 2.09. The lowest BCUT2D eigenvalue weighted by molar-refractivity contribution is -0.116. The maximum absolute atomic E-state index is 12.4. The van der Waals surface area contributed by atoms with Gasteiger partial charge in [0.25, 0.3) is 0 Å². The zero-order valence-corrected chi connectivity index (χ0v) is 15.8. The average molecular weight is 349 g/mol. The highest BCUT2D eigenvalue weighted by molar-refractivity contribution is 5.92. The lowest BCUT2D eigenvalue weighted by atomic mass is 10.1. The van der Waals surface area contributed by atoms with Crippen molar-refractivity contribution in [3.05, 3.63) is 60.3 Å². The molecule has 0 fully saturated rings. The van der Waals surface area contributed by atoms with Crippen LogP contribution in [0.25, 0.3) is 10.9 Å². The van der Waals surface area contributed by atoms with Gasteiger partial charge in [0.15, 0.2) is 0 Å². The molecule has 2 aromatic carbocycles. The Morgan fingerprint density at radius 3 is 2.58 bits per heavy atom. The molecule has 3 aromatic rings. The first-order chi connectivity index (χ1) is 12.6. The predicted octanol–water partition coefficient (Wildman–Crippen LogP) is 4.82. The van der Waals surface area contributed by atoms with E-state index in [0.717, 1.165) is 24.3 Å². The Kier molecular flexibility index (Phi) is 5.61. The Balaban J connectivity index is 1.63. The molecule has 0 aliphatic carbocycles. The van der Waals surface area contributed by atoms with Crippen molar-refractivity contribution in [1.82, 2.24) is 4.57 Å². The van der Waals surface area contributed by atoms with E-state index in [1.807, 2.05) is 31.3 Å². The molecule has 0 aliphatic rings. The van der Waals surface area contributed by atoms with E-state index >= 15 is 0 Å². The number of anilines is 2. The lowest BCUT2D eigenvalue weighted by Crippen LogP contribution is -2.22. The summed E-state index contributed by atoms with van der Waals surface area (Å²) in [5.74, 6) is 0.0430. The molecule has 0 bridgehead atoms. The van der Waals surface area contributed by atoms with Crippen LogP contribution in [0.4, 0.5) is 11.4 Å². The maximum Gasteiger partial charge on any atom is 0.226 e. The van der Waals surface area contributed by atoms with Gasteiger partial charge in [0.1, 0.15) is 0 Å². The minimum atomic E-state index is 0.0430. The summed E-state index contributed by atoms with van der Waals surface area (Å²) < 4.78 is 2.13. The first kappa shape index (κ1) is 18.1. The van der Waals surface area contributed by atoms with Gasteiger partial charge in [-0.15, -0.1) is 0 Å². The Hall–Kier alpha value is -2.75. The number of carbonyl (C=O) groups excluding carboxylic acids is 1. The number of aryl methyl sites for hydroxylation is 2. The number of nitrogens with one attached hydrogen (secondary N) is 1. The summed E-state index contributed by atoms with van der Waals surface area (Å²) >= 11 is 0. The standard InChI is InChI=1S/C22H27N3O/c1-4-24(5-2)19-10-11-20(17(3)16-19)23-22(26)13-15-25-14-12-18-8-6-7-9-21(18)25/h6-12,14,16H,4-5,13,15H2,1-3H3,(H,23,26). The van der Waals surface area contributed by atoms with Crippen molar-refractivity contribution < 1.29 is 4.79 Å². The lowest BCUT2D eigenvalue weighted by Gasteiger charge is -2.22. The smallest absolute Gasteiger partial charge is 0.226 e. The van der Waals surface area contributed by atoms with Crippen LogP contribution < -0.4 is 10.2 Å². The first-order valence-electron chi connectivity index (χ1n) is 9.31. The molecule has 0 spiro atoms. The summed E-state index contributed by atoms with van der Waals surface area (Å²) in [5.41, 5.74) is 4.35. The zero-order chi connectivity index (χ0) is 18.5. The number of benzene rings is 2. The van der Waals surface area contributed by atoms with Gasteiger partial charge in [-0.1, -0.05) is 18.2 Å². The maximum atomic E-state index is 12.4. The second-order valence-corrected chi connectivity index (χ2v) is 6.54. The third-order valence-corrected chi connectivity index (χ3v) is 4.87. The van der Waals surface area contributed by atoms with Gasteiger partial charge in [-0.25, -0.2) is 0 Å². The first-order valence-corrected chi connectivity index (χ1v) is 9.31. The molecule has 26 heavy (non-hydrogen) atoms. The van der Waals surface area contributed by atoms with Crippen LogP contribution in [0.1, 0.15) is 25.8 Å². The fourth-order valence-electron chi connectivity index (χ4n) is 3.34. The van der Waals surface area contributed by atoms with Gasteiger partial charge in [-0.05, 0) is 62.1 Å². The van der Waals surface area contributed by atoms with Crippen LogP contribution in [-0.2, 0) is 11.3 Å². The molecule has 1 amide bonds. The van der Waals surface area contributed by atoms with Crippen molar-refractivity contribution in [3.8, 4) is 0 Å². The van der Waals surface area contributed by atoms with E-state index in [2.05, 4.69) is 59.0 Å². The van der Waals surface area contributed by atoms with Crippen molar-refractivity contribution in [1.29, 1.82) is 0 Å². The number of nitrogens with zero attached hydrogens (tertiary/aromatic N) is 2. The number of para-hydroxylation sites is 1. The summed E-state index contributed by atoms with van der Waals surface area (Å²) in [6.07, 6.45) is 2.50. The highest BCUT2D eigenvalue weighted by Crippen LogP contribution is 2.23. The molecule has 0 unspecified atom stereocenters. The Morgan fingerprint density at radius 2 is 1.85 bits per heavy atom. The monoisotopic (exact) mass is 349 g/mol.